The summed E-state index contributed by atoms with van der Waals surface area (Å²) in [6.45, 7) is 6.64. The predicted molar refractivity (Wildman–Crippen MR) is 97.0 cm³/mol. The first-order chi connectivity index (χ1) is 12.0. The highest BCUT2D eigenvalue weighted by Crippen LogP contribution is 2.23. The van der Waals surface area contributed by atoms with E-state index >= 15 is 0 Å². The number of benzene rings is 1. The minimum Gasteiger partial charge on any atom is -0.447 e. The lowest BCUT2D eigenvalue weighted by molar-refractivity contribution is 0.181. The van der Waals surface area contributed by atoms with Crippen LogP contribution in [0.3, 0.4) is 0 Å². The van der Waals surface area contributed by atoms with Gasteiger partial charge in [0.1, 0.15) is 6.61 Å². The second-order valence-corrected chi connectivity index (χ2v) is 6.85. The van der Waals surface area contributed by atoms with Gasteiger partial charge < -0.3 is 20.3 Å². The van der Waals surface area contributed by atoms with Gasteiger partial charge in [-0.05, 0) is 31.0 Å². The van der Waals surface area contributed by atoms with Gasteiger partial charge in [0.15, 0.2) is 0 Å². The first-order valence-electron chi connectivity index (χ1n) is 8.89. The maximum absolute atomic E-state index is 12.6. The molecular formula is C18H26N4O3. The molecule has 2 N–H and O–H groups in total. The normalized spacial score (nSPS) is 20.8. The molecule has 0 aromatic heterocycles. The van der Waals surface area contributed by atoms with Crippen molar-refractivity contribution in [3.05, 3.63) is 24.3 Å². The highest BCUT2D eigenvalue weighted by atomic mass is 16.6. The highest BCUT2D eigenvalue weighted by molar-refractivity contribution is 5.93. The summed E-state index contributed by atoms with van der Waals surface area (Å²) < 4.78 is 4.96. The number of amides is 3. The fourth-order valence-corrected chi connectivity index (χ4v) is 3.35. The van der Waals surface area contributed by atoms with Crippen molar-refractivity contribution < 1.29 is 14.3 Å². The van der Waals surface area contributed by atoms with Crippen molar-refractivity contribution in [2.24, 2.45) is 0 Å². The number of ether oxygens (including phenoxy) is 1. The maximum atomic E-state index is 12.6. The molecule has 2 fully saturated rings. The van der Waals surface area contributed by atoms with Crippen LogP contribution in [0.15, 0.2) is 24.3 Å². The fourth-order valence-electron chi connectivity index (χ4n) is 3.35. The molecule has 1 aromatic carbocycles. The Morgan fingerprint density at radius 3 is 2.88 bits per heavy atom. The summed E-state index contributed by atoms with van der Waals surface area (Å²) in [5, 5.41) is 6.45. The molecule has 2 heterocycles. The molecule has 2 aliphatic heterocycles. The second kappa shape index (κ2) is 7.74. The molecular weight excluding hydrogens is 320 g/mol. The van der Waals surface area contributed by atoms with Crippen molar-refractivity contribution in [3.8, 4) is 0 Å². The first-order valence-corrected chi connectivity index (χ1v) is 8.89. The zero-order chi connectivity index (χ0) is 17.8. The van der Waals surface area contributed by atoms with E-state index in [9.17, 15) is 9.59 Å². The van der Waals surface area contributed by atoms with Crippen LogP contribution < -0.4 is 15.5 Å². The van der Waals surface area contributed by atoms with Crippen LogP contribution in [-0.4, -0.2) is 55.3 Å². The summed E-state index contributed by atoms with van der Waals surface area (Å²) in [5.41, 5.74) is 1.42. The Morgan fingerprint density at radius 1 is 1.32 bits per heavy atom. The molecule has 1 aromatic rings. The summed E-state index contributed by atoms with van der Waals surface area (Å²) in [7, 11) is 0. The van der Waals surface area contributed by atoms with Gasteiger partial charge in [-0.15, -0.1) is 0 Å². The first kappa shape index (κ1) is 17.5. The van der Waals surface area contributed by atoms with Crippen LogP contribution in [0.5, 0.6) is 0 Å². The van der Waals surface area contributed by atoms with E-state index < -0.39 is 0 Å². The third-order valence-corrected chi connectivity index (χ3v) is 4.45. The molecule has 1 atom stereocenters. The van der Waals surface area contributed by atoms with Crippen LogP contribution in [0.1, 0.15) is 26.7 Å². The van der Waals surface area contributed by atoms with Gasteiger partial charge >= 0.3 is 12.1 Å². The summed E-state index contributed by atoms with van der Waals surface area (Å²) in [6.07, 6.45) is 1.74. The Kier molecular flexibility index (Phi) is 5.43. The molecule has 2 aliphatic rings. The molecule has 0 aliphatic carbocycles. The Balaban J connectivity index is 1.62. The molecule has 7 heteroatoms. The van der Waals surface area contributed by atoms with Crippen molar-refractivity contribution in [1.82, 2.24) is 10.2 Å². The summed E-state index contributed by atoms with van der Waals surface area (Å²) in [4.78, 5) is 27.7. The van der Waals surface area contributed by atoms with Gasteiger partial charge in [-0.25, -0.2) is 9.59 Å². The van der Waals surface area contributed by atoms with Crippen LogP contribution in [0.25, 0.3) is 0 Å². The standard InChI is InChI=1S/C18H26N4O3/c1-13(2)19-15-6-4-8-21(12-15)17(23)20-14-5-3-7-16(11-14)22-9-10-25-18(22)24/h3,5,7,11,13,15,19H,4,6,8-10,12H2,1-2H3,(H,20,23)/t15-/m0/s1. The quantitative estimate of drug-likeness (QED) is 0.879. The average molecular weight is 346 g/mol. The van der Waals surface area contributed by atoms with Crippen molar-refractivity contribution in [2.75, 3.05) is 36.5 Å². The Morgan fingerprint density at radius 2 is 2.16 bits per heavy atom. The minimum atomic E-state index is -0.345. The molecule has 7 nitrogen and oxygen atoms in total. The molecule has 3 amide bonds. The number of hydrogen-bond acceptors (Lipinski definition) is 4. The largest absolute Gasteiger partial charge is 0.447 e. The number of anilines is 2. The number of nitrogens with zero attached hydrogens (tertiary/aromatic N) is 2. The molecule has 0 spiro atoms. The lowest BCUT2D eigenvalue weighted by Crippen LogP contribution is -2.50. The molecule has 25 heavy (non-hydrogen) atoms. The van der Waals surface area contributed by atoms with Gasteiger partial charge in [-0.3, -0.25) is 4.90 Å². The van der Waals surface area contributed by atoms with Crippen LogP contribution in [0.2, 0.25) is 0 Å². The fraction of sp³-hybridized carbons (Fsp3) is 0.556. The number of rotatable bonds is 4. The monoisotopic (exact) mass is 346 g/mol. The van der Waals surface area contributed by atoms with E-state index in [1.165, 1.54) is 0 Å². The lowest BCUT2D eigenvalue weighted by Gasteiger charge is -2.34. The zero-order valence-corrected chi connectivity index (χ0v) is 14.8. The average Bonchev–Trinajstić information content (AvgIpc) is 3.01. The van der Waals surface area contributed by atoms with E-state index in [2.05, 4.69) is 24.5 Å². The number of piperidine rings is 1. The van der Waals surface area contributed by atoms with Gasteiger partial charge in [-0.2, -0.15) is 0 Å². The number of cyclic esters (lactones) is 1. The second-order valence-electron chi connectivity index (χ2n) is 6.85. The van der Waals surface area contributed by atoms with Gasteiger partial charge in [0.2, 0.25) is 0 Å². The molecule has 0 saturated carbocycles. The van der Waals surface area contributed by atoms with Gasteiger partial charge in [-0.1, -0.05) is 19.9 Å². The smallest absolute Gasteiger partial charge is 0.414 e. The van der Waals surface area contributed by atoms with Crippen molar-refractivity contribution in [2.45, 2.75) is 38.8 Å². The number of carbonyl (C=O) groups excluding carboxylic acids is 2. The predicted octanol–water partition coefficient (Wildman–Crippen LogP) is 2.64. The molecule has 3 rings (SSSR count). The van der Waals surface area contributed by atoms with E-state index in [4.69, 9.17) is 4.74 Å². The minimum absolute atomic E-state index is 0.101. The summed E-state index contributed by atoms with van der Waals surface area (Å²) in [6, 6.07) is 7.95. The van der Waals surface area contributed by atoms with Crippen molar-refractivity contribution in [1.29, 1.82) is 0 Å². The van der Waals surface area contributed by atoms with Crippen molar-refractivity contribution >= 4 is 23.5 Å². The van der Waals surface area contributed by atoms with E-state index in [0.717, 1.165) is 25.1 Å². The Labute approximate surface area is 148 Å². The van der Waals surface area contributed by atoms with E-state index in [1.54, 1.807) is 11.0 Å². The van der Waals surface area contributed by atoms with Gasteiger partial charge in [0, 0.05) is 36.5 Å². The van der Waals surface area contributed by atoms with Crippen LogP contribution in [0.4, 0.5) is 21.0 Å². The molecule has 0 unspecified atom stereocenters. The number of urea groups is 1. The summed E-state index contributed by atoms with van der Waals surface area (Å²) in [5.74, 6) is 0. The maximum Gasteiger partial charge on any atom is 0.414 e. The van der Waals surface area contributed by atoms with Crippen LogP contribution in [-0.2, 0) is 4.74 Å². The Hall–Kier alpha value is -2.28. The number of nitrogens with one attached hydrogen (secondary N) is 2. The highest BCUT2D eigenvalue weighted by Gasteiger charge is 2.25. The molecule has 0 bridgehead atoms. The topological polar surface area (TPSA) is 73.9 Å². The third kappa shape index (κ3) is 4.42. The zero-order valence-electron chi connectivity index (χ0n) is 14.8. The van der Waals surface area contributed by atoms with Crippen molar-refractivity contribution in [3.63, 3.8) is 0 Å². The number of hydrogen-bond donors (Lipinski definition) is 2. The van der Waals surface area contributed by atoms with Gasteiger partial charge in [0.25, 0.3) is 0 Å². The lowest BCUT2D eigenvalue weighted by atomic mass is 10.1. The molecule has 136 valence electrons. The number of carbonyl (C=O) groups is 2. The Bertz CT molecular complexity index is 635. The van der Waals surface area contributed by atoms with E-state index in [-0.39, 0.29) is 12.1 Å². The van der Waals surface area contributed by atoms with E-state index in [1.807, 2.05) is 23.1 Å². The van der Waals surface area contributed by atoms with E-state index in [0.29, 0.717) is 37.5 Å². The van der Waals surface area contributed by atoms with Crippen LogP contribution >= 0.6 is 0 Å². The summed E-state index contributed by atoms with van der Waals surface area (Å²) >= 11 is 0. The molecule has 2 saturated heterocycles. The SMILES string of the molecule is CC(C)N[C@H]1CCCN(C(=O)Nc2cccc(N3CCOC3=O)c2)C1. The number of likely N-dealkylation sites (tertiary alicyclic amines) is 1. The van der Waals surface area contributed by atoms with Crippen LogP contribution in [0, 0.1) is 0 Å². The van der Waals surface area contributed by atoms with Gasteiger partial charge in [0.05, 0.1) is 6.54 Å². The third-order valence-electron chi connectivity index (χ3n) is 4.45. The molecule has 0 radical (unpaired) electrons.